The van der Waals surface area contributed by atoms with Crippen molar-refractivity contribution in [1.29, 1.82) is 0 Å². The van der Waals surface area contributed by atoms with Gasteiger partial charge in [0.05, 0.1) is 12.9 Å². The number of carbonyl (C=O) groups is 1. The lowest BCUT2D eigenvalue weighted by Crippen LogP contribution is -2.38. The summed E-state index contributed by atoms with van der Waals surface area (Å²) in [7, 11) is 0. The SMILES string of the molecule is CCOC(=O)N1CCC(c2cnc[nH]2)CC1. The highest BCUT2D eigenvalue weighted by Crippen LogP contribution is 2.26. The summed E-state index contributed by atoms with van der Waals surface area (Å²) in [6.45, 7) is 3.81. The van der Waals surface area contributed by atoms with E-state index in [4.69, 9.17) is 4.74 Å². The molecule has 1 N–H and O–H groups in total. The molecule has 0 spiro atoms. The molecule has 1 saturated heterocycles. The number of hydrogen-bond acceptors (Lipinski definition) is 3. The van der Waals surface area contributed by atoms with Gasteiger partial charge in [0.2, 0.25) is 0 Å². The van der Waals surface area contributed by atoms with Gasteiger partial charge in [-0.2, -0.15) is 0 Å². The minimum Gasteiger partial charge on any atom is -0.450 e. The van der Waals surface area contributed by atoms with Gasteiger partial charge in [-0.3, -0.25) is 0 Å². The molecule has 5 nitrogen and oxygen atoms in total. The molecule has 0 aromatic carbocycles. The summed E-state index contributed by atoms with van der Waals surface area (Å²) in [5.74, 6) is 0.494. The van der Waals surface area contributed by atoms with Gasteiger partial charge < -0.3 is 14.6 Å². The molecule has 1 fully saturated rings. The Morgan fingerprint density at radius 2 is 2.38 bits per heavy atom. The van der Waals surface area contributed by atoms with Crippen molar-refractivity contribution in [3.05, 3.63) is 18.2 Å². The highest BCUT2D eigenvalue weighted by Gasteiger charge is 2.24. The molecule has 0 saturated carbocycles. The third kappa shape index (κ3) is 2.35. The molecular formula is C11H17N3O2. The number of hydrogen-bond donors (Lipinski definition) is 1. The molecule has 0 aliphatic carbocycles. The van der Waals surface area contributed by atoms with E-state index in [1.807, 2.05) is 13.1 Å². The van der Waals surface area contributed by atoms with Crippen LogP contribution in [0.3, 0.4) is 0 Å². The zero-order valence-corrected chi connectivity index (χ0v) is 9.48. The van der Waals surface area contributed by atoms with Crippen LogP contribution in [0.15, 0.2) is 12.5 Å². The maximum Gasteiger partial charge on any atom is 0.409 e. The van der Waals surface area contributed by atoms with Gasteiger partial charge in [-0.1, -0.05) is 0 Å². The van der Waals surface area contributed by atoms with E-state index in [1.165, 1.54) is 5.69 Å². The smallest absolute Gasteiger partial charge is 0.409 e. The summed E-state index contributed by atoms with van der Waals surface area (Å²) in [6, 6.07) is 0. The molecule has 1 aromatic rings. The minimum absolute atomic E-state index is 0.189. The molecule has 1 aromatic heterocycles. The van der Waals surface area contributed by atoms with Gasteiger partial charge >= 0.3 is 6.09 Å². The highest BCUT2D eigenvalue weighted by molar-refractivity contribution is 5.67. The third-order valence-electron chi connectivity index (χ3n) is 2.98. The number of nitrogens with zero attached hydrogens (tertiary/aromatic N) is 2. The average molecular weight is 223 g/mol. The van der Waals surface area contributed by atoms with E-state index in [1.54, 1.807) is 11.2 Å². The molecule has 1 aliphatic rings. The van der Waals surface area contributed by atoms with E-state index >= 15 is 0 Å². The Labute approximate surface area is 94.8 Å². The fourth-order valence-corrected chi connectivity index (χ4v) is 2.08. The molecule has 88 valence electrons. The topological polar surface area (TPSA) is 58.2 Å². The maximum absolute atomic E-state index is 11.5. The van der Waals surface area contributed by atoms with Crippen molar-refractivity contribution in [3.8, 4) is 0 Å². The quantitative estimate of drug-likeness (QED) is 0.830. The number of piperidine rings is 1. The van der Waals surface area contributed by atoms with Crippen LogP contribution in [0, 0.1) is 0 Å². The Morgan fingerprint density at radius 3 is 2.94 bits per heavy atom. The molecule has 5 heteroatoms. The number of likely N-dealkylation sites (tertiary alicyclic amines) is 1. The fraction of sp³-hybridized carbons (Fsp3) is 0.636. The van der Waals surface area contributed by atoms with Gasteiger partial charge in [-0.05, 0) is 19.8 Å². The molecule has 2 heterocycles. The van der Waals surface area contributed by atoms with Gasteiger partial charge in [-0.25, -0.2) is 9.78 Å². The van der Waals surface area contributed by atoms with Crippen LogP contribution in [-0.2, 0) is 4.74 Å². The van der Waals surface area contributed by atoms with Crippen molar-refractivity contribution in [3.63, 3.8) is 0 Å². The molecule has 1 amide bonds. The number of amides is 1. The molecule has 0 atom stereocenters. The molecule has 0 unspecified atom stereocenters. The second kappa shape index (κ2) is 5.01. The van der Waals surface area contributed by atoms with Crippen molar-refractivity contribution in [1.82, 2.24) is 14.9 Å². The molecule has 16 heavy (non-hydrogen) atoms. The minimum atomic E-state index is -0.189. The average Bonchev–Trinajstić information content (AvgIpc) is 2.83. The van der Waals surface area contributed by atoms with Crippen LogP contribution < -0.4 is 0 Å². The molecule has 0 radical (unpaired) electrons. The standard InChI is InChI=1S/C11H17N3O2/c1-2-16-11(15)14-5-3-9(4-6-14)10-7-12-8-13-10/h7-9H,2-6H2,1H3,(H,12,13). The predicted molar refractivity (Wildman–Crippen MR) is 59.2 cm³/mol. The third-order valence-corrected chi connectivity index (χ3v) is 2.98. The highest BCUT2D eigenvalue weighted by atomic mass is 16.6. The van der Waals surface area contributed by atoms with Gasteiger partial charge in [0, 0.05) is 30.9 Å². The largest absolute Gasteiger partial charge is 0.450 e. The Kier molecular flexibility index (Phi) is 3.44. The number of imidazole rings is 1. The van der Waals surface area contributed by atoms with E-state index in [0.29, 0.717) is 12.5 Å². The van der Waals surface area contributed by atoms with Crippen LogP contribution in [0.2, 0.25) is 0 Å². The van der Waals surface area contributed by atoms with Gasteiger partial charge in [-0.15, -0.1) is 0 Å². The van der Waals surface area contributed by atoms with Crippen molar-refractivity contribution in [2.45, 2.75) is 25.7 Å². The summed E-state index contributed by atoms with van der Waals surface area (Å²) >= 11 is 0. The van der Waals surface area contributed by atoms with Gasteiger partial charge in [0.25, 0.3) is 0 Å². The number of aromatic amines is 1. The van der Waals surface area contributed by atoms with Gasteiger partial charge in [0.1, 0.15) is 0 Å². The van der Waals surface area contributed by atoms with Crippen LogP contribution in [0.5, 0.6) is 0 Å². The first-order chi connectivity index (χ1) is 7.81. The number of aromatic nitrogens is 2. The van der Waals surface area contributed by atoms with Crippen molar-refractivity contribution >= 4 is 6.09 Å². The van der Waals surface area contributed by atoms with E-state index in [2.05, 4.69) is 9.97 Å². The molecular weight excluding hydrogens is 206 g/mol. The Bertz CT molecular complexity index is 329. The van der Waals surface area contributed by atoms with Crippen molar-refractivity contribution < 1.29 is 9.53 Å². The van der Waals surface area contributed by atoms with Crippen LogP contribution in [-0.4, -0.2) is 40.7 Å². The second-order valence-electron chi connectivity index (χ2n) is 3.97. The lowest BCUT2D eigenvalue weighted by atomic mass is 9.94. The zero-order valence-electron chi connectivity index (χ0n) is 9.48. The number of carbonyl (C=O) groups excluding carboxylic acids is 1. The summed E-state index contributed by atoms with van der Waals surface area (Å²) in [4.78, 5) is 20.4. The second-order valence-corrected chi connectivity index (χ2v) is 3.97. The first-order valence-electron chi connectivity index (χ1n) is 5.71. The number of ether oxygens (including phenoxy) is 1. The Hall–Kier alpha value is -1.52. The number of rotatable bonds is 2. The zero-order chi connectivity index (χ0) is 11.4. The number of nitrogens with one attached hydrogen (secondary N) is 1. The summed E-state index contributed by atoms with van der Waals surface area (Å²) < 4.78 is 4.97. The van der Waals surface area contributed by atoms with Crippen LogP contribution in [0.25, 0.3) is 0 Å². The lowest BCUT2D eigenvalue weighted by molar-refractivity contribution is 0.0969. The van der Waals surface area contributed by atoms with Crippen LogP contribution in [0.1, 0.15) is 31.4 Å². The summed E-state index contributed by atoms with van der Waals surface area (Å²) in [6.07, 6.45) is 5.32. The monoisotopic (exact) mass is 223 g/mol. The summed E-state index contributed by atoms with van der Waals surface area (Å²) in [5, 5.41) is 0. The van der Waals surface area contributed by atoms with E-state index in [0.717, 1.165) is 25.9 Å². The van der Waals surface area contributed by atoms with E-state index < -0.39 is 0 Å². The molecule has 2 rings (SSSR count). The van der Waals surface area contributed by atoms with E-state index in [-0.39, 0.29) is 6.09 Å². The van der Waals surface area contributed by atoms with Crippen molar-refractivity contribution in [2.24, 2.45) is 0 Å². The summed E-state index contributed by atoms with van der Waals surface area (Å²) in [5.41, 5.74) is 1.17. The van der Waals surface area contributed by atoms with Crippen LogP contribution in [0.4, 0.5) is 4.79 Å². The Balaban J connectivity index is 1.85. The Morgan fingerprint density at radius 1 is 1.62 bits per heavy atom. The molecule has 0 bridgehead atoms. The number of H-pyrrole nitrogens is 1. The normalized spacial score (nSPS) is 17.4. The van der Waals surface area contributed by atoms with Crippen molar-refractivity contribution in [2.75, 3.05) is 19.7 Å². The first-order valence-corrected chi connectivity index (χ1v) is 5.71. The lowest BCUT2D eigenvalue weighted by Gasteiger charge is -2.30. The first kappa shape index (κ1) is 11.0. The fourth-order valence-electron chi connectivity index (χ4n) is 2.08. The van der Waals surface area contributed by atoms with Gasteiger partial charge in [0.15, 0.2) is 0 Å². The van der Waals surface area contributed by atoms with Crippen LogP contribution >= 0.6 is 0 Å². The maximum atomic E-state index is 11.5. The van der Waals surface area contributed by atoms with E-state index in [9.17, 15) is 4.79 Å². The predicted octanol–water partition coefficient (Wildman–Crippen LogP) is 1.75. The molecule has 1 aliphatic heterocycles.